The van der Waals surface area contributed by atoms with Crippen LogP contribution in [0.1, 0.15) is 0 Å². The molecule has 0 bridgehead atoms. The highest BCUT2D eigenvalue weighted by molar-refractivity contribution is 7.13. The van der Waals surface area contributed by atoms with Gasteiger partial charge in [-0.2, -0.15) is 0 Å². The second kappa shape index (κ2) is 5.24. The predicted molar refractivity (Wildman–Crippen MR) is 90.2 cm³/mol. The van der Waals surface area contributed by atoms with Crippen LogP contribution in [-0.4, -0.2) is 9.55 Å². The Kier molecular flexibility index (Phi) is 3.09. The van der Waals surface area contributed by atoms with Gasteiger partial charge in [-0.3, -0.25) is 9.98 Å². The third-order valence-electron chi connectivity index (χ3n) is 3.58. The molecule has 22 heavy (non-hydrogen) atoms. The molecular formula is C18H13N3S. The summed E-state index contributed by atoms with van der Waals surface area (Å²) in [5.74, 6) is 0.810. The summed E-state index contributed by atoms with van der Waals surface area (Å²) in [6.45, 7) is 0. The molecule has 0 aliphatic heterocycles. The normalized spacial score (nSPS) is 10.9. The Hall–Kier alpha value is -2.72. The van der Waals surface area contributed by atoms with Gasteiger partial charge in [-0.05, 0) is 35.7 Å². The van der Waals surface area contributed by atoms with Gasteiger partial charge in [0.25, 0.3) is 0 Å². The van der Waals surface area contributed by atoms with Gasteiger partial charge in [0.15, 0.2) is 5.82 Å². The maximum absolute atomic E-state index is 8.65. The van der Waals surface area contributed by atoms with Crippen molar-refractivity contribution in [3.63, 3.8) is 0 Å². The molecule has 0 atom stereocenters. The molecular weight excluding hydrogens is 290 g/mol. The second-order valence-corrected chi connectivity index (χ2v) is 5.90. The quantitative estimate of drug-likeness (QED) is 0.591. The average Bonchev–Trinajstić information content (AvgIpc) is 3.10. The van der Waals surface area contributed by atoms with E-state index in [-0.39, 0.29) is 0 Å². The molecule has 0 aliphatic rings. The van der Waals surface area contributed by atoms with Crippen molar-refractivity contribution >= 4 is 22.2 Å². The largest absolute Gasteiger partial charge is 0.283 e. The summed E-state index contributed by atoms with van der Waals surface area (Å²) in [6, 6.07) is 21.8. The Labute approximate surface area is 131 Å². The van der Waals surface area contributed by atoms with E-state index in [4.69, 9.17) is 10.4 Å². The number of benzene rings is 2. The van der Waals surface area contributed by atoms with Crippen molar-refractivity contribution in [3.8, 4) is 16.4 Å². The van der Waals surface area contributed by atoms with E-state index in [1.165, 1.54) is 0 Å². The zero-order chi connectivity index (χ0) is 14.9. The molecule has 4 aromatic rings. The fraction of sp³-hybridized carbons (Fsp3) is 0. The summed E-state index contributed by atoms with van der Waals surface area (Å²) in [7, 11) is 0. The molecule has 1 N–H and O–H groups in total. The Morgan fingerprint density at radius 3 is 2.41 bits per heavy atom. The first-order valence-corrected chi connectivity index (χ1v) is 7.88. The van der Waals surface area contributed by atoms with Gasteiger partial charge in [0, 0.05) is 11.1 Å². The van der Waals surface area contributed by atoms with Crippen molar-refractivity contribution in [1.29, 1.82) is 5.41 Å². The van der Waals surface area contributed by atoms with Crippen LogP contribution in [0.3, 0.4) is 0 Å². The number of hydrogen-bond donors (Lipinski definition) is 1. The van der Waals surface area contributed by atoms with Crippen molar-refractivity contribution in [2.75, 3.05) is 0 Å². The van der Waals surface area contributed by atoms with Crippen LogP contribution in [0.15, 0.2) is 72.1 Å². The summed E-state index contributed by atoms with van der Waals surface area (Å²) in [5, 5.41) is 11.5. The van der Waals surface area contributed by atoms with Crippen LogP contribution in [0.2, 0.25) is 0 Å². The van der Waals surface area contributed by atoms with Crippen LogP contribution >= 0.6 is 11.3 Å². The van der Waals surface area contributed by atoms with Gasteiger partial charge >= 0.3 is 0 Å². The zero-order valence-corrected chi connectivity index (χ0v) is 12.5. The highest BCUT2D eigenvalue weighted by Crippen LogP contribution is 2.25. The van der Waals surface area contributed by atoms with E-state index in [1.807, 2.05) is 76.7 Å². The van der Waals surface area contributed by atoms with Crippen LogP contribution in [0.4, 0.5) is 0 Å². The zero-order valence-electron chi connectivity index (χ0n) is 11.7. The van der Waals surface area contributed by atoms with E-state index in [1.54, 1.807) is 11.3 Å². The van der Waals surface area contributed by atoms with Crippen molar-refractivity contribution in [3.05, 3.63) is 77.6 Å². The lowest BCUT2D eigenvalue weighted by Crippen LogP contribution is -2.21. The van der Waals surface area contributed by atoms with E-state index in [9.17, 15) is 0 Å². The van der Waals surface area contributed by atoms with Crippen molar-refractivity contribution in [1.82, 2.24) is 9.55 Å². The van der Waals surface area contributed by atoms with Crippen LogP contribution in [-0.2, 0) is 0 Å². The monoisotopic (exact) mass is 303 g/mol. The summed E-state index contributed by atoms with van der Waals surface area (Å²) < 4.78 is 1.91. The molecule has 0 spiro atoms. The standard InChI is InChI=1S/C18H13N3S/c19-17-14-9-4-5-10-15(14)20-18(16-11-6-12-22-16)21(17)13-7-2-1-3-8-13/h1-12,19H. The van der Waals surface area contributed by atoms with Gasteiger partial charge in [-0.1, -0.05) is 36.4 Å². The molecule has 106 valence electrons. The van der Waals surface area contributed by atoms with Gasteiger partial charge in [0.2, 0.25) is 0 Å². The first kappa shape index (κ1) is 13.0. The molecule has 0 fully saturated rings. The number of thiophene rings is 1. The highest BCUT2D eigenvalue weighted by atomic mass is 32.1. The smallest absolute Gasteiger partial charge is 0.156 e. The van der Waals surface area contributed by atoms with Gasteiger partial charge in [0.05, 0.1) is 10.4 Å². The van der Waals surface area contributed by atoms with E-state index in [0.29, 0.717) is 5.49 Å². The van der Waals surface area contributed by atoms with Crippen LogP contribution in [0.5, 0.6) is 0 Å². The summed E-state index contributed by atoms with van der Waals surface area (Å²) in [5.41, 5.74) is 2.26. The first-order valence-electron chi connectivity index (χ1n) is 7.00. The molecule has 0 aliphatic carbocycles. The Morgan fingerprint density at radius 2 is 1.64 bits per heavy atom. The number of para-hydroxylation sites is 2. The minimum atomic E-state index is 0.459. The molecule has 0 unspecified atom stereocenters. The molecule has 4 rings (SSSR count). The molecule has 2 aromatic carbocycles. The van der Waals surface area contributed by atoms with Crippen molar-refractivity contribution in [2.45, 2.75) is 0 Å². The fourth-order valence-corrected chi connectivity index (χ4v) is 3.26. The van der Waals surface area contributed by atoms with Gasteiger partial charge in [-0.25, -0.2) is 4.98 Å². The molecule has 2 aromatic heterocycles. The van der Waals surface area contributed by atoms with E-state index >= 15 is 0 Å². The topological polar surface area (TPSA) is 41.7 Å². The number of rotatable bonds is 2. The summed E-state index contributed by atoms with van der Waals surface area (Å²) >= 11 is 1.64. The SMILES string of the molecule is N=c1c2ccccc2nc(-c2cccs2)n1-c1ccccc1. The minimum absolute atomic E-state index is 0.459. The van der Waals surface area contributed by atoms with Crippen LogP contribution in [0, 0.1) is 5.41 Å². The molecule has 4 heteroatoms. The van der Waals surface area contributed by atoms with Crippen molar-refractivity contribution in [2.24, 2.45) is 0 Å². The third-order valence-corrected chi connectivity index (χ3v) is 4.44. The van der Waals surface area contributed by atoms with E-state index in [2.05, 4.69) is 0 Å². The Morgan fingerprint density at radius 1 is 0.864 bits per heavy atom. The molecule has 2 heterocycles. The lowest BCUT2D eigenvalue weighted by molar-refractivity contribution is 0.925. The number of aromatic nitrogens is 2. The Bertz CT molecular complexity index is 986. The average molecular weight is 303 g/mol. The maximum Gasteiger partial charge on any atom is 0.156 e. The molecule has 3 nitrogen and oxygen atoms in total. The van der Waals surface area contributed by atoms with E-state index < -0.39 is 0 Å². The lowest BCUT2D eigenvalue weighted by Gasteiger charge is -2.14. The van der Waals surface area contributed by atoms with Gasteiger partial charge < -0.3 is 0 Å². The maximum atomic E-state index is 8.65. The molecule has 0 radical (unpaired) electrons. The predicted octanol–water partition coefficient (Wildman–Crippen LogP) is 4.23. The minimum Gasteiger partial charge on any atom is -0.283 e. The third kappa shape index (κ3) is 2.05. The molecule has 0 amide bonds. The number of nitrogens with one attached hydrogen (secondary N) is 1. The molecule has 0 saturated heterocycles. The Balaban J connectivity index is 2.15. The first-order chi connectivity index (χ1) is 10.8. The van der Waals surface area contributed by atoms with Gasteiger partial charge in [-0.15, -0.1) is 11.3 Å². The van der Waals surface area contributed by atoms with Gasteiger partial charge in [0.1, 0.15) is 5.49 Å². The number of fused-ring (bicyclic) bond motifs is 1. The number of nitrogens with zero attached hydrogens (tertiary/aromatic N) is 2. The number of hydrogen-bond acceptors (Lipinski definition) is 3. The van der Waals surface area contributed by atoms with Crippen molar-refractivity contribution < 1.29 is 0 Å². The van der Waals surface area contributed by atoms with Crippen LogP contribution < -0.4 is 5.49 Å². The summed E-state index contributed by atoms with van der Waals surface area (Å²) in [6.07, 6.45) is 0. The summed E-state index contributed by atoms with van der Waals surface area (Å²) in [4.78, 5) is 5.87. The lowest BCUT2D eigenvalue weighted by atomic mass is 10.2. The van der Waals surface area contributed by atoms with E-state index in [0.717, 1.165) is 27.3 Å². The van der Waals surface area contributed by atoms with Crippen LogP contribution in [0.25, 0.3) is 27.3 Å². The molecule has 0 saturated carbocycles. The second-order valence-electron chi connectivity index (χ2n) is 4.95. The highest BCUT2D eigenvalue weighted by Gasteiger charge is 2.12. The fourth-order valence-electron chi connectivity index (χ4n) is 2.56.